The highest BCUT2D eigenvalue weighted by atomic mass is 19.1. The molecule has 0 aliphatic heterocycles. The molecule has 0 aliphatic rings. The lowest BCUT2D eigenvalue weighted by Gasteiger charge is -2.28. The molecule has 0 saturated heterocycles. The van der Waals surface area contributed by atoms with Crippen LogP contribution in [0.25, 0.3) is 0 Å². The maximum Gasteiger partial charge on any atom is 0.123 e. The molecule has 0 aliphatic carbocycles. The van der Waals surface area contributed by atoms with Crippen molar-refractivity contribution < 1.29 is 9.50 Å². The molecular formula is C18H22FNO. The van der Waals surface area contributed by atoms with Gasteiger partial charge in [-0.05, 0) is 36.6 Å². The standard InChI is InChI=1S/C18H22FNO/c1-15(13-16-7-9-18(19)10-8-16)20(11-12-21)14-17-5-3-2-4-6-17/h2-10,15,21H,11-14H2,1H3. The van der Waals surface area contributed by atoms with E-state index in [0.717, 1.165) is 18.5 Å². The molecule has 0 amide bonds. The summed E-state index contributed by atoms with van der Waals surface area (Å²) in [5, 5.41) is 9.27. The van der Waals surface area contributed by atoms with Gasteiger partial charge in [0.2, 0.25) is 0 Å². The number of hydrogen-bond donors (Lipinski definition) is 1. The molecule has 21 heavy (non-hydrogen) atoms. The van der Waals surface area contributed by atoms with Crippen LogP contribution >= 0.6 is 0 Å². The lowest BCUT2D eigenvalue weighted by molar-refractivity contribution is 0.150. The first-order chi connectivity index (χ1) is 10.2. The van der Waals surface area contributed by atoms with E-state index in [4.69, 9.17) is 0 Å². The van der Waals surface area contributed by atoms with Gasteiger partial charge in [0.25, 0.3) is 0 Å². The van der Waals surface area contributed by atoms with E-state index in [-0.39, 0.29) is 18.5 Å². The van der Waals surface area contributed by atoms with Gasteiger partial charge in [0, 0.05) is 19.1 Å². The summed E-state index contributed by atoms with van der Waals surface area (Å²) in [6.07, 6.45) is 0.840. The van der Waals surface area contributed by atoms with Gasteiger partial charge in [-0.3, -0.25) is 4.90 Å². The Morgan fingerprint density at radius 2 is 1.67 bits per heavy atom. The zero-order chi connectivity index (χ0) is 15.1. The highest BCUT2D eigenvalue weighted by Crippen LogP contribution is 2.13. The molecule has 0 radical (unpaired) electrons. The van der Waals surface area contributed by atoms with E-state index in [9.17, 15) is 9.50 Å². The molecule has 112 valence electrons. The minimum absolute atomic E-state index is 0.139. The Kier molecular flexibility index (Phi) is 5.90. The van der Waals surface area contributed by atoms with Gasteiger partial charge in [-0.25, -0.2) is 4.39 Å². The molecule has 1 atom stereocenters. The van der Waals surface area contributed by atoms with Crippen LogP contribution in [-0.2, 0) is 13.0 Å². The molecule has 3 heteroatoms. The summed E-state index contributed by atoms with van der Waals surface area (Å²) in [6, 6.07) is 17.2. The number of aliphatic hydroxyl groups is 1. The summed E-state index contributed by atoms with van der Waals surface area (Å²) in [6.45, 7) is 3.73. The average Bonchev–Trinajstić information content (AvgIpc) is 2.50. The third kappa shape index (κ3) is 4.96. The van der Waals surface area contributed by atoms with Crippen LogP contribution in [0.2, 0.25) is 0 Å². The van der Waals surface area contributed by atoms with Crippen LogP contribution in [0.4, 0.5) is 4.39 Å². The summed E-state index contributed by atoms with van der Waals surface area (Å²) in [4.78, 5) is 2.25. The first kappa shape index (κ1) is 15.7. The van der Waals surface area contributed by atoms with Crippen molar-refractivity contribution in [2.45, 2.75) is 25.9 Å². The Bertz CT molecular complexity index is 527. The Hall–Kier alpha value is -1.71. The second kappa shape index (κ2) is 7.91. The monoisotopic (exact) mass is 287 g/mol. The topological polar surface area (TPSA) is 23.5 Å². The lowest BCUT2D eigenvalue weighted by Crippen LogP contribution is -2.36. The predicted molar refractivity (Wildman–Crippen MR) is 83.5 cm³/mol. The first-order valence-electron chi connectivity index (χ1n) is 7.32. The number of hydrogen-bond acceptors (Lipinski definition) is 2. The van der Waals surface area contributed by atoms with E-state index in [2.05, 4.69) is 24.0 Å². The van der Waals surface area contributed by atoms with Crippen LogP contribution < -0.4 is 0 Å². The SMILES string of the molecule is CC(Cc1ccc(F)cc1)N(CCO)Cc1ccccc1. The van der Waals surface area contributed by atoms with Crippen LogP contribution in [0.5, 0.6) is 0 Å². The van der Waals surface area contributed by atoms with Crippen molar-refractivity contribution in [2.75, 3.05) is 13.2 Å². The molecule has 2 aromatic rings. The van der Waals surface area contributed by atoms with Gasteiger partial charge in [0.15, 0.2) is 0 Å². The highest BCUT2D eigenvalue weighted by Gasteiger charge is 2.14. The molecule has 1 unspecified atom stereocenters. The zero-order valence-corrected chi connectivity index (χ0v) is 12.4. The van der Waals surface area contributed by atoms with Gasteiger partial charge in [0.05, 0.1) is 6.61 Å². The van der Waals surface area contributed by atoms with Crippen molar-refractivity contribution in [3.8, 4) is 0 Å². The smallest absolute Gasteiger partial charge is 0.123 e. The van der Waals surface area contributed by atoms with Crippen molar-refractivity contribution >= 4 is 0 Å². The maximum atomic E-state index is 12.9. The zero-order valence-electron chi connectivity index (χ0n) is 12.4. The van der Waals surface area contributed by atoms with Crippen molar-refractivity contribution in [3.63, 3.8) is 0 Å². The fourth-order valence-corrected chi connectivity index (χ4v) is 2.49. The highest BCUT2D eigenvalue weighted by molar-refractivity contribution is 5.18. The van der Waals surface area contributed by atoms with Gasteiger partial charge in [-0.2, -0.15) is 0 Å². The number of aliphatic hydroxyl groups excluding tert-OH is 1. The number of halogens is 1. The lowest BCUT2D eigenvalue weighted by atomic mass is 10.0. The summed E-state index contributed by atoms with van der Waals surface area (Å²) in [7, 11) is 0. The third-order valence-electron chi connectivity index (χ3n) is 3.68. The molecule has 2 nitrogen and oxygen atoms in total. The quantitative estimate of drug-likeness (QED) is 0.845. The Morgan fingerprint density at radius 3 is 2.29 bits per heavy atom. The van der Waals surface area contributed by atoms with Crippen LogP contribution in [0.3, 0.4) is 0 Å². The maximum absolute atomic E-state index is 12.9. The van der Waals surface area contributed by atoms with Gasteiger partial charge in [-0.1, -0.05) is 42.5 Å². The molecule has 0 spiro atoms. The minimum Gasteiger partial charge on any atom is -0.395 e. The molecular weight excluding hydrogens is 265 g/mol. The van der Waals surface area contributed by atoms with Crippen LogP contribution in [0.1, 0.15) is 18.1 Å². The van der Waals surface area contributed by atoms with Crippen molar-refractivity contribution in [1.82, 2.24) is 4.90 Å². The molecule has 0 bridgehead atoms. The predicted octanol–water partition coefficient (Wildman–Crippen LogP) is 3.25. The second-order valence-corrected chi connectivity index (χ2v) is 5.36. The number of nitrogens with zero attached hydrogens (tertiary/aromatic N) is 1. The minimum atomic E-state index is -0.206. The normalized spacial score (nSPS) is 12.6. The fraction of sp³-hybridized carbons (Fsp3) is 0.333. The number of rotatable bonds is 7. The van der Waals surface area contributed by atoms with Crippen LogP contribution in [-0.4, -0.2) is 29.2 Å². The molecule has 2 rings (SSSR count). The Morgan fingerprint density at radius 1 is 1.00 bits per heavy atom. The van der Waals surface area contributed by atoms with Crippen molar-refractivity contribution in [1.29, 1.82) is 0 Å². The Balaban J connectivity index is 2.01. The van der Waals surface area contributed by atoms with Crippen LogP contribution in [0.15, 0.2) is 54.6 Å². The molecule has 2 aromatic carbocycles. The summed E-state index contributed by atoms with van der Waals surface area (Å²) < 4.78 is 12.9. The summed E-state index contributed by atoms with van der Waals surface area (Å²) >= 11 is 0. The molecule has 0 aromatic heterocycles. The van der Waals surface area contributed by atoms with E-state index in [1.54, 1.807) is 0 Å². The largest absolute Gasteiger partial charge is 0.395 e. The first-order valence-corrected chi connectivity index (χ1v) is 7.32. The summed E-state index contributed by atoms with van der Waals surface area (Å²) in [5.74, 6) is -0.206. The Labute approximate surface area is 125 Å². The van der Waals surface area contributed by atoms with Gasteiger partial charge >= 0.3 is 0 Å². The van der Waals surface area contributed by atoms with Gasteiger partial charge in [-0.15, -0.1) is 0 Å². The van der Waals surface area contributed by atoms with E-state index >= 15 is 0 Å². The number of benzene rings is 2. The van der Waals surface area contributed by atoms with E-state index in [1.165, 1.54) is 17.7 Å². The van der Waals surface area contributed by atoms with Gasteiger partial charge in [0.1, 0.15) is 5.82 Å². The van der Waals surface area contributed by atoms with E-state index in [1.807, 2.05) is 30.3 Å². The van der Waals surface area contributed by atoms with Gasteiger partial charge < -0.3 is 5.11 Å². The molecule has 0 fully saturated rings. The molecule has 1 N–H and O–H groups in total. The van der Waals surface area contributed by atoms with E-state index in [0.29, 0.717) is 6.54 Å². The fourth-order valence-electron chi connectivity index (χ4n) is 2.49. The molecule has 0 heterocycles. The molecule has 0 saturated carbocycles. The summed E-state index contributed by atoms with van der Waals surface area (Å²) in [5.41, 5.74) is 2.34. The average molecular weight is 287 g/mol. The van der Waals surface area contributed by atoms with Crippen molar-refractivity contribution in [2.24, 2.45) is 0 Å². The van der Waals surface area contributed by atoms with E-state index < -0.39 is 0 Å². The third-order valence-corrected chi connectivity index (χ3v) is 3.68. The van der Waals surface area contributed by atoms with Crippen LogP contribution in [0, 0.1) is 5.82 Å². The van der Waals surface area contributed by atoms with Crippen molar-refractivity contribution in [3.05, 3.63) is 71.5 Å². The second-order valence-electron chi connectivity index (χ2n) is 5.36.